The van der Waals surface area contributed by atoms with Gasteiger partial charge >= 0.3 is 5.97 Å². The van der Waals surface area contributed by atoms with Gasteiger partial charge in [0.2, 0.25) is 5.91 Å². The predicted molar refractivity (Wildman–Crippen MR) is 214 cm³/mol. The molecule has 9 nitrogen and oxygen atoms in total. The number of unbranched alkanes of at least 4 members (excludes halogenated alkanes) is 4. The highest BCUT2D eigenvalue weighted by atomic mass is 16.5. The minimum absolute atomic E-state index is 0.150. The first-order valence-electron chi connectivity index (χ1n) is 18.8. The molecule has 0 spiro atoms. The Labute approximate surface area is 323 Å². The standard InChI is InChI=1S/C46H48N2O7/c1-3-4-5-6-10-28-53-40-26-20-38(21-27-40)46(52)55-41-24-16-34(17-25-41)30-43(33(2)49)48-45(51)37-18-22-39(23-19-37)47-44(50)31-36-14-11-15-42(29-36)54-32-35-12-8-7-9-13-35/h7-9,11-27,29,43H,3-6,10,28,30-32H2,1-2H3,(H,47,50)(H,48,51)/t43-/m0/s1. The molecule has 0 bridgehead atoms. The van der Waals surface area contributed by atoms with E-state index in [1.54, 1.807) is 72.8 Å². The lowest BCUT2D eigenvalue weighted by atomic mass is 10.0. The van der Waals surface area contributed by atoms with Crippen LogP contribution in [0.25, 0.3) is 0 Å². The molecule has 0 aliphatic heterocycles. The van der Waals surface area contributed by atoms with Gasteiger partial charge in [-0.3, -0.25) is 14.4 Å². The molecule has 0 heterocycles. The molecule has 5 aromatic rings. The third-order valence-corrected chi connectivity index (χ3v) is 8.92. The van der Waals surface area contributed by atoms with E-state index in [0.717, 1.165) is 29.5 Å². The Morgan fingerprint density at radius 1 is 0.618 bits per heavy atom. The van der Waals surface area contributed by atoms with Gasteiger partial charge in [0.15, 0.2) is 5.78 Å². The van der Waals surface area contributed by atoms with Crippen LogP contribution < -0.4 is 24.8 Å². The van der Waals surface area contributed by atoms with Gasteiger partial charge in [0.1, 0.15) is 23.9 Å². The van der Waals surface area contributed by atoms with Crippen molar-refractivity contribution in [3.8, 4) is 17.2 Å². The Balaban J connectivity index is 1.06. The largest absolute Gasteiger partial charge is 0.494 e. The van der Waals surface area contributed by atoms with E-state index in [4.69, 9.17) is 14.2 Å². The van der Waals surface area contributed by atoms with Gasteiger partial charge in [-0.15, -0.1) is 0 Å². The van der Waals surface area contributed by atoms with Gasteiger partial charge in [-0.2, -0.15) is 0 Å². The van der Waals surface area contributed by atoms with Crippen molar-refractivity contribution in [1.29, 1.82) is 0 Å². The topological polar surface area (TPSA) is 120 Å². The summed E-state index contributed by atoms with van der Waals surface area (Å²) in [4.78, 5) is 51.2. The van der Waals surface area contributed by atoms with Crippen molar-refractivity contribution in [2.45, 2.75) is 71.4 Å². The zero-order valence-electron chi connectivity index (χ0n) is 31.4. The number of nitrogens with one attached hydrogen (secondary N) is 2. The Morgan fingerprint density at radius 2 is 1.29 bits per heavy atom. The fraction of sp³-hybridized carbons (Fsp3) is 0.261. The number of hydrogen-bond acceptors (Lipinski definition) is 7. The summed E-state index contributed by atoms with van der Waals surface area (Å²) in [5.74, 6) is 0.428. The van der Waals surface area contributed by atoms with E-state index in [1.807, 2.05) is 54.6 Å². The molecule has 0 saturated carbocycles. The van der Waals surface area contributed by atoms with Gasteiger partial charge in [0, 0.05) is 11.3 Å². The second-order valence-electron chi connectivity index (χ2n) is 13.4. The van der Waals surface area contributed by atoms with Gasteiger partial charge in [0.25, 0.3) is 5.91 Å². The zero-order valence-corrected chi connectivity index (χ0v) is 31.4. The van der Waals surface area contributed by atoms with E-state index < -0.39 is 17.9 Å². The minimum Gasteiger partial charge on any atom is -0.494 e. The Bertz CT molecular complexity index is 1990. The van der Waals surface area contributed by atoms with Gasteiger partial charge in [-0.05, 0) is 109 Å². The highest BCUT2D eigenvalue weighted by Crippen LogP contribution is 2.20. The maximum absolute atomic E-state index is 13.1. The number of benzene rings is 5. The van der Waals surface area contributed by atoms with Crippen LogP contribution >= 0.6 is 0 Å². The van der Waals surface area contributed by atoms with Crippen LogP contribution in [-0.4, -0.2) is 36.2 Å². The number of carbonyl (C=O) groups excluding carboxylic acids is 4. The number of anilines is 1. The molecule has 2 N–H and O–H groups in total. The number of rotatable bonds is 20. The minimum atomic E-state index is -0.773. The summed E-state index contributed by atoms with van der Waals surface area (Å²) in [5.41, 5.74) is 3.93. The Morgan fingerprint density at radius 3 is 2.00 bits per heavy atom. The van der Waals surface area contributed by atoms with Crippen molar-refractivity contribution in [3.05, 3.63) is 155 Å². The molecule has 0 saturated heterocycles. The molecule has 55 heavy (non-hydrogen) atoms. The molecule has 0 aromatic heterocycles. The number of ether oxygens (including phenoxy) is 3. The third-order valence-electron chi connectivity index (χ3n) is 8.92. The number of carbonyl (C=O) groups is 4. The van der Waals surface area contributed by atoms with Crippen LogP contribution in [0.5, 0.6) is 17.2 Å². The third kappa shape index (κ3) is 13.3. The van der Waals surface area contributed by atoms with Crippen molar-refractivity contribution in [2.24, 2.45) is 0 Å². The summed E-state index contributed by atoms with van der Waals surface area (Å²) < 4.78 is 17.2. The van der Waals surface area contributed by atoms with Gasteiger partial charge in [-0.1, -0.05) is 87.2 Å². The molecule has 9 heteroatoms. The van der Waals surface area contributed by atoms with Crippen molar-refractivity contribution < 1.29 is 33.4 Å². The number of ketones is 1. The molecule has 0 aliphatic rings. The summed E-state index contributed by atoms with van der Waals surface area (Å²) in [6.07, 6.45) is 6.20. The second kappa shape index (κ2) is 20.9. The van der Waals surface area contributed by atoms with E-state index in [1.165, 1.54) is 26.2 Å². The smallest absolute Gasteiger partial charge is 0.343 e. The lowest BCUT2D eigenvalue weighted by molar-refractivity contribution is -0.119. The second-order valence-corrected chi connectivity index (χ2v) is 13.4. The first-order chi connectivity index (χ1) is 26.7. The molecule has 0 fully saturated rings. The summed E-state index contributed by atoms with van der Waals surface area (Å²) >= 11 is 0. The fourth-order valence-electron chi connectivity index (χ4n) is 5.80. The van der Waals surface area contributed by atoms with Crippen molar-refractivity contribution in [3.63, 3.8) is 0 Å². The number of Topliss-reactive ketones (excluding diaryl/α,β-unsaturated/α-hetero) is 1. The molecule has 2 amide bonds. The number of hydrogen-bond donors (Lipinski definition) is 2. The van der Waals surface area contributed by atoms with Crippen LogP contribution in [-0.2, 0) is 29.0 Å². The Hall–Kier alpha value is -6.22. The number of amides is 2. The highest BCUT2D eigenvalue weighted by molar-refractivity contribution is 5.98. The molecule has 1 atom stereocenters. The van der Waals surface area contributed by atoms with Gasteiger partial charge in [0.05, 0.1) is 24.6 Å². The van der Waals surface area contributed by atoms with E-state index in [9.17, 15) is 19.2 Å². The normalized spacial score (nSPS) is 11.2. The quantitative estimate of drug-likeness (QED) is 0.0465. The molecular formula is C46H48N2O7. The van der Waals surface area contributed by atoms with E-state index in [-0.39, 0.29) is 24.5 Å². The average Bonchev–Trinajstić information content (AvgIpc) is 3.19. The number of esters is 1. The van der Waals surface area contributed by atoms with E-state index in [2.05, 4.69) is 17.6 Å². The Kier molecular flexibility index (Phi) is 15.2. The van der Waals surface area contributed by atoms with Gasteiger partial charge < -0.3 is 24.8 Å². The summed E-state index contributed by atoms with van der Waals surface area (Å²) in [6.45, 7) is 4.69. The molecular weight excluding hydrogens is 693 g/mol. The lowest BCUT2D eigenvalue weighted by Crippen LogP contribution is -2.41. The lowest BCUT2D eigenvalue weighted by Gasteiger charge is -2.17. The van der Waals surface area contributed by atoms with Gasteiger partial charge in [-0.25, -0.2) is 4.79 Å². The highest BCUT2D eigenvalue weighted by Gasteiger charge is 2.19. The monoisotopic (exact) mass is 740 g/mol. The zero-order chi connectivity index (χ0) is 38.8. The van der Waals surface area contributed by atoms with E-state index in [0.29, 0.717) is 47.3 Å². The molecule has 284 valence electrons. The summed E-state index contributed by atoms with van der Waals surface area (Å²) in [7, 11) is 0. The van der Waals surface area contributed by atoms with E-state index >= 15 is 0 Å². The maximum Gasteiger partial charge on any atom is 0.343 e. The average molecular weight is 741 g/mol. The fourth-order valence-corrected chi connectivity index (χ4v) is 5.80. The molecule has 0 radical (unpaired) electrons. The van der Waals surface area contributed by atoms with Crippen LogP contribution in [0.3, 0.4) is 0 Å². The summed E-state index contributed by atoms with van der Waals surface area (Å²) in [5, 5.41) is 5.68. The van der Waals surface area contributed by atoms with Crippen LogP contribution in [0.2, 0.25) is 0 Å². The molecule has 5 aromatic carbocycles. The van der Waals surface area contributed by atoms with Crippen LogP contribution in [0, 0.1) is 0 Å². The predicted octanol–water partition coefficient (Wildman–Crippen LogP) is 8.95. The van der Waals surface area contributed by atoms with Crippen LogP contribution in [0.1, 0.15) is 83.4 Å². The van der Waals surface area contributed by atoms with Crippen LogP contribution in [0.15, 0.2) is 127 Å². The molecule has 0 unspecified atom stereocenters. The van der Waals surface area contributed by atoms with Crippen molar-refractivity contribution in [2.75, 3.05) is 11.9 Å². The van der Waals surface area contributed by atoms with Crippen molar-refractivity contribution >= 4 is 29.3 Å². The van der Waals surface area contributed by atoms with Crippen LogP contribution in [0.4, 0.5) is 5.69 Å². The SMILES string of the molecule is CCCCCCCOc1ccc(C(=O)Oc2ccc(C[C@H](NC(=O)c3ccc(NC(=O)Cc4cccc(OCc5ccccc5)c4)cc3)C(C)=O)cc2)cc1. The summed E-state index contributed by atoms with van der Waals surface area (Å²) in [6, 6.07) is 36.7. The molecule has 5 rings (SSSR count). The van der Waals surface area contributed by atoms with Crippen molar-refractivity contribution in [1.82, 2.24) is 5.32 Å². The first kappa shape index (κ1) is 40.0. The first-order valence-corrected chi connectivity index (χ1v) is 18.8. The maximum atomic E-state index is 13.1. The molecule has 0 aliphatic carbocycles.